The average Bonchev–Trinajstić information content (AvgIpc) is 3.22. The first kappa shape index (κ1) is 21.5. The van der Waals surface area contributed by atoms with Crippen LogP contribution in [-0.4, -0.2) is 36.2 Å². The summed E-state index contributed by atoms with van der Waals surface area (Å²) < 4.78 is 43.9. The molecule has 2 N–H and O–H groups in total. The molecule has 1 saturated carbocycles. The van der Waals surface area contributed by atoms with Crippen molar-refractivity contribution >= 4 is 11.7 Å². The molecule has 0 spiro atoms. The van der Waals surface area contributed by atoms with Crippen LogP contribution in [0.4, 0.5) is 24.9 Å². The Morgan fingerprint density at radius 1 is 1.06 bits per heavy atom. The molecule has 6 nitrogen and oxygen atoms in total. The SMILES string of the molecule is N#Cc1cnc(N[C@@H]2CCCC[C@H]2NC2CCCN(c3ccc(C(F)(F)F)cc3)C2)o1. The number of benzene rings is 1. The second kappa shape index (κ2) is 9.18. The molecule has 9 heteroatoms. The molecule has 1 saturated heterocycles. The van der Waals surface area contributed by atoms with Crippen molar-refractivity contribution in [1.82, 2.24) is 10.3 Å². The monoisotopic (exact) mass is 433 g/mol. The third kappa shape index (κ3) is 5.31. The van der Waals surface area contributed by atoms with Gasteiger partial charge in [-0.15, -0.1) is 0 Å². The Hall–Kier alpha value is -2.73. The first-order chi connectivity index (χ1) is 14.9. The van der Waals surface area contributed by atoms with Gasteiger partial charge in [0, 0.05) is 36.9 Å². The molecule has 1 unspecified atom stereocenters. The van der Waals surface area contributed by atoms with Crippen molar-refractivity contribution in [2.24, 2.45) is 0 Å². The molecule has 2 heterocycles. The van der Waals surface area contributed by atoms with E-state index in [-0.39, 0.29) is 23.9 Å². The van der Waals surface area contributed by atoms with Crippen LogP contribution in [0.1, 0.15) is 49.8 Å². The van der Waals surface area contributed by atoms with Gasteiger partial charge in [-0.3, -0.25) is 0 Å². The molecule has 0 bridgehead atoms. The van der Waals surface area contributed by atoms with Gasteiger partial charge >= 0.3 is 6.18 Å². The van der Waals surface area contributed by atoms with Gasteiger partial charge in [0.15, 0.2) is 0 Å². The van der Waals surface area contributed by atoms with E-state index in [1.165, 1.54) is 6.20 Å². The largest absolute Gasteiger partial charge is 0.416 e. The van der Waals surface area contributed by atoms with E-state index in [0.29, 0.717) is 6.01 Å². The molecule has 1 aromatic carbocycles. The van der Waals surface area contributed by atoms with Gasteiger partial charge in [-0.1, -0.05) is 12.8 Å². The van der Waals surface area contributed by atoms with Gasteiger partial charge in [0.05, 0.1) is 11.8 Å². The Morgan fingerprint density at radius 2 is 1.81 bits per heavy atom. The number of nitriles is 1. The predicted molar refractivity (Wildman–Crippen MR) is 111 cm³/mol. The third-order valence-corrected chi connectivity index (χ3v) is 6.12. The minimum absolute atomic E-state index is 0.153. The van der Waals surface area contributed by atoms with Crippen LogP contribution < -0.4 is 15.5 Å². The normalized spacial score (nSPS) is 24.6. The molecule has 166 valence electrons. The fraction of sp³-hybridized carbons (Fsp3) is 0.545. The number of piperidine rings is 1. The Balaban J connectivity index is 1.37. The van der Waals surface area contributed by atoms with Gasteiger partial charge in [0.2, 0.25) is 5.76 Å². The molecule has 2 aliphatic rings. The molecule has 3 atom stereocenters. The van der Waals surface area contributed by atoms with Gasteiger partial charge < -0.3 is 20.0 Å². The summed E-state index contributed by atoms with van der Waals surface area (Å²) in [4.78, 5) is 6.27. The lowest BCUT2D eigenvalue weighted by atomic mass is 9.89. The zero-order valence-corrected chi connectivity index (χ0v) is 17.2. The Morgan fingerprint density at radius 3 is 2.48 bits per heavy atom. The highest BCUT2D eigenvalue weighted by molar-refractivity contribution is 5.48. The Kier molecular flexibility index (Phi) is 6.37. The number of nitrogens with zero attached hydrogens (tertiary/aromatic N) is 3. The van der Waals surface area contributed by atoms with Gasteiger partial charge in [0.25, 0.3) is 6.01 Å². The maximum atomic E-state index is 12.8. The number of rotatable bonds is 5. The molecule has 1 aliphatic carbocycles. The van der Waals surface area contributed by atoms with Crippen molar-refractivity contribution in [1.29, 1.82) is 5.26 Å². The van der Waals surface area contributed by atoms with Crippen LogP contribution in [0.25, 0.3) is 0 Å². The number of aromatic nitrogens is 1. The van der Waals surface area contributed by atoms with Gasteiger partial charge in [-0.2, -0.15) is 18.4 Å². The van der Waals surface area contributed by atoms with E-state index in [9.17, 15) is 13.2 Å². The maximum Gasteiger partial charge on any atom is 0.416 e. The van der Waals surface area contributed by atoms with Gasteiger partial charge in [-0.25, -0.2) is 4.98 Å². The summed E-state index contributed by atoms with van der Waals surface area (Å²) in [5.74, 6) is 0.183. The van der Waals surface area contributed by atoms with Crippen LogP contribution in [0, 0.1) is 11.3 Å². The molecule has 2 aromatic rings. The second-order valence-corrected chi connectivity index (χ2v) is 8.28. The fourth-order valence-electron chi connectivity index (χ4n) is 4.57. The zero-order valence-electron chi connectivity index (χ0n) is 17.2. The van der Waals surface area contributed by atoms with E-state index in [2.05, 4.69) is 20.5 Å². The van der Waals surface area contributed by atoms with Crippen molar-refractivity contribution in [3.05, 3.63) is 41.8 Å². The molecule has 4 rings (SSSR count). The topological polar surface area (TPSA) is 77.1 Å². The van der Waals surface area contributed by atoms with Crippen molar-refractivity contribution in [2.75, 3.05) is 23.3 Å². The molecule has 0 amide bonds. The summed E-state index contributed by atoms with van der Waals surface area (Å²) in [6.07, 6.45) is 3.37. The number of halogens is 3. The summed E-state index contributed by atoms with van der Waals surface area (Å²) in [5, 5.41) is 16.0. The molecular weight excluding hydrogens is 407 g/mol. The van der Waals surface area contributed by atoms with E-state index < -0.39 is 11.7 Å². The molecular formula is C22H26F3N5O. The highest BCUT2D eigenvalue weighted by Crippen LogP contribution is 2.31. The second-order valence-electron chi connectivity index (χ2n) is 8.28. The summed E-state index contributed by atoms with van der Waals surface area (Å²) in [6, 6.07) is 8.38. The maximum absolute atomic E-state index is 12.8. The van der Waals surface area contributed by atoms with E-state index in [1.54, 1.807) is 12.1 Å². The summed E-state index contributed by atoms with van der Waals surface area (Å²) in [6.45, 7) is 1.59. The smallest absolute Gasteiger partial charge is 0.413 e. The quantitative estimate of drug-likeness (QED) is 0.721. The van der Waals surface area contributed by atoms with Crippen LogP contribution in [0.5, 0.6) is 0 Å². The minimum atomic E-state index is -4.32. The van der Waals surface area contributed by atoms with Crippen molar-refractivity contribution in [2.45, 2.75) is 62.8 Å². The number of hydrogen-bond donors (Lipinski definition) is 2. The highest BCUT2D eigenvalue weighted by Gasteiger charge is 2.32. The Bertz CT molecular complexity index is 905. The van der Waals surface area contributed by atoms with Crippen molar-refractivity contribution in [3.63, 3.8) is 0 Å². The number of oxazole rings is 1. The lowest BCUT2D eigenvalue weighted by Crippen LogP contribution is -2.54. The minimum Gasteiger partial charge on any atom is -0.413 e. The molecule has 2 fully saturated rings. The van der Waals surface area contributed by atoms with Crippen LogP contribution in [0.3, 0.4) is 0 Å². The van der Waals surface area contributed by atoms with Gasteiger partial charge in [-0.05, 0) is 49.9 Å². The summed E-state index contributed by atoms with van der Waals surface area (Å²) in [7, 11) is 0. The van der Waals surface area contributed by atoms with Crippen LogP contribution in [-0.2, 0) is 6.18 Å². The molecule has 1 aliphatic heterocycles. The number of hydrogen-bond acceptors (Lipinski definition) is 6. The van der Waals surface area contributed by atoms with Gasteiger partial charge in [0.1, 0.15) is 6.07 Å². The molecule has 1 aromatic heterocycles. The standard InChI is InChI=1S/C22H26F3N5O/c23-22(24,25)15-7-9-17(10-8-15)30-11-3-4-16(14-30)28-19-5-1-2-6-20(19)29-21-27-13-18(12-26)31-21/h7-10,13,16,19-20,28H,1-6,11,14H2,(H,27,29)/t16?,19-,20-/m1/s1. The van der Waals surface area contributed by atoms with E-state index >= 15 is 0 Å². The number of nitrogens with one attached hydrogen (secondary N) is 2. The molecule has 0 radical (unpaired) electrons. The fourth-order valence-corrected chi connectivity index (χ4v) is 4.57. The first-order valence-corrected chi connectivity index (χ1v) is 10.7. The van der Waals surface area contributed by atoms with Crippen molar-refractivity contribution in [3.8, 4) is 6.07 Å². The number of anilines is 2. The van der Waals surface area contributed by atoms with E-state index in [4.69, 9.17) is 9.68 Å². The summed E-state index contributed by atoms with van der Waals surface area (Å²) in [5.41, 5.74) is 0.201. The van der Waals surface area contributed by atoms with Crippen LogP contribution >= 0.6 is 0 Å². The number of alkyl halides is 3. The molecule has 31 heavy (non-hydrogen) atoms. The lowest BCUT2D eigenvalue weighted by Gasteiger charge is -2.40. The van der Waals surface area contributed by atoms with E-state index in [0.717, 1.165) is 69.4 Å². The first-order valence-electron chi connectivity index (χ1n) is 10.7. The third-order valence-electron chi connectivity index (χ3n) is 6.12. The van der Waals surface area contributed by atoms with Crippen LogP contribution in [0.2, 0.25) is 0 Å². The highest BCUT2D eigenvalue weighted by atomic mass is 19.4. The predicted octanol–water partition coefficient (Wildman–Crippen LogP) is 4.55. The lowest BCUT2D eigenvalue weighted by molar-refractivity contribution is -0.137. The van der Waals surface area contributed by atoms with E-state index in [1.807, 2.05) is 6.07 Å². The van der Waals surface area contributed by atoms with Crippen molar-refractivity contribution < 1.29 is 17.6 Å². The van der Waals surface area contributed by atoms with Crippen LogP contribution in [0.15, 0.2) is 34.9 Å². The Labute approximate surface area is 179 Å². The summed E-state index contributed by atoms with van der Waals surface area (Å²) >= 11 is 0. The zero-order chi connectivity index (χ0) is 21.8. The average molecular weight is 433 g/mol.